The molecule has 0 spiro atoms. The third-order valence-electron chi connectivity index (χ3n) is 5.01. The molecule has 3 fully saturated rings. The lowest BCUT2D eigenvalue weighted by Crippen LogP contribution is -2.40. The first-order chi connectivity index (χ1) is 10.5. The highest BCUT2D eigenvalue weighted by molar-refractivity contribution is 9.09. The van der Waals surface area contributed by atoms with E-state index in [-0.39, 0.29) is 46.5 Å². The molecule has 116 valence electrons. The molecule has 22 heavy (non-hydrogen) atoms. The van der Waals surface area contributed by atoms with Gasteiger partial charge in [0.05, 0.1) is 27.4 Å². The molecular weight excluding hydrogens is 393 g/mol. The van der Waals surface area contributed by atoms with Crippen molar-refractivity contribution in [2.24, 2.45) is 23.7 Å². The van der Waals surface area contributed by atoms with Gasteiger partial charge in [0.25, 0.3) is 0 Å². The lowest BCUT2D eigenvalue weighted by molar-refractivity contribution is -0.145. The molecule has 2 saturated carbocycles. The Balaban J connectivity index is 1.59. The number of anilines is 1. The maximum Gasteiger partial charge on any atom is 0.310 e. The largest absolute Gasteiger partial charge is 0.461 e. The normalized spacial score (nSPS) is 38.2. The number of benzene rings is 1. The molecule has 4 nitrogen and oxygen atoms in total. The number of amides is 1. The predicted octanol–water partition coefficient (Wildman–Crippen LogP) is 3.50. The van der Waals surface area contributed by atoms with Gasteiger partial charge in [-0.15, -0.1) is 0 Å². The fourth-order valence-corrected chi connectivity index (χ4v) is 5.64. The van der Waals surface area contributed by atoms with E-state index >= 15 is 0 Å². The number of halogens is 3. The van der Waals surface area contributed by atoms with Gasteiger partial charge >= 0.3 is 5.97 Å². The van der Waals surface area contributed by atoms with Gasteiger partial charge in [-0.25, -0.2) is 0 Å². The third-order valence-corrected chi connectivity index (χ3v) is 6.76. The van der Waals surface area contributed by atoms with Crippen LogP contribution in [0.2, 0.25) is 10.0 Å². The monoisotopic (exact) mass is 403 g/mol. The van der Waals surface area contributed by atoms with Crippen molar-refractivity contribution in [3.8, 4) is 0 Å². The number of carbonyl (C=O) groups excluding carboxylic acids is 2. The number of rotatable bonds is 2. The van der Waals surface area contributed by atoms with Crippen molar-refractivity contribution in [1.82, 2.24) is 0 Å². The number of esters is 1. The van der Waals surface area contributed by atoms with Crippen molar-refractivity contribution in [2.75, 3.05) is 5.32 Å². The molecule has 4 rings (SSSR count). The Labute approximate surface area is 145 Å². The topological polar surface area (TPSA) is 55.4 Å². The third kappa shape index (κ3) is 2.02. The molecule has 6 atom stereocenters. The van der Waals surface area contributed by atoms with Crippen LogP contribution in [0.15, 0.2) is 18.2 Å². The molecule has 0 radical (unpaired) electrons. The summed E-state index contributed by atoms with van der Waals surface area (Å²) >= 11 is 15.5. The maximum absolute atomic E-state index is 12.7. The van der Waals surface area contributed by atoms with Crippen molar-refractivity contribution in [3.63, 3.8) is 0 Å². The summed E-state index contributed by atoms with van der Waals surface area (Å²) in [5.41, 5.74) is 0.507. The standard InChI is InChI=1S/C15H12BrCl2NO3/c16-12-6-4-7-11(15(21)22-13(7)12)10(6)14(20)19-9-2-1-5(17)3-8(9)18/h1-3,6-7,10-13H,4H2,(H,19,20). The van der Waals surface area contributed by atoms with Gasteiger partial charge in [0, 0.05) is 10.9 Å². The van der Waals surface area contributed by atoms with Crippen molar-refractivity contribution in [1.29, 1.82) is 0 Å². The van der Waals surface area contributed by atoms with E-state index < -0.39 is 0 Å². The van der Waals surface area contributed by atoms with E-state index in [2.05, 4.69) is 21.2 Å². The van der Waals surface area contributed by atoms with Crippen LogP contribution in [0.4, 0.5) is 5.69 Å². The number of alkyl halides is 1. The Morgan fingerprint density at radius 2 is 2.09 bits per heavy atom. The molecule has 3 aliphatic rings. The summed E-state index contributed by atoms with van der Waals surface area (Å²) in [5, 5.41) is 3.72. The lowest BCUT2D eigenvalue weighted by atomic mass is 9.79. The van der Waals surface area contributed by atoms with Crippen LogP contribution in [0.5, 0.6) is 0 Å². The SMILES string of the molecule is O=C(Nc1ccc(Cl)cc1Cl)C1C2CC3C(OC(=O)C31)C2Br. The molecule has 1 saturated heterocycles. The van der Waals surface area contributed by atoms with E-state index in [1.54, 1.807) is 18.2 Å². The van der Waals surface area contributed by atoms with Gasteiger partial charge in [-0.3, -0.25) is 9.59 Å². The molecule has 6 unspecified atom stereocenters. The van der Waals surface area contributed by atoms with E-state index in [1.165, 1.54) is 0 Å². The van der Waals surface area contributed by atoms with Crippen LogP contribution in [0.1, 0.15) is 6.42 Å². The first-order valence-corrected chi connectivity index (χ1v) is 8.75. The molecule has 1 aromatic carbocycles. The van der Waals surface area contributed by atoms with Gasteiger partial charge in [0.2, 0.25) is 5.91 Å². The van der Waals surface area contributed by atoms with Crippen LogP contribution in [-0.4, -0.2) is 22.8 Å². The average Bonchev–Trinajstić information content (AvgIpc) is 3.06. The van der Waals surface area contributed by atoms with Crippen molar-refractivity contribution in [3.05, 3.63) is 28.2 Å². The first kappa shape index (κ1) is 14.8. The first-order valence-electron chi connectivity index (χ1n) is 7.08. The van der Waals surface area contributed by atoms with E-state index in [0.29, 0.717) is 15.7 Å². The van der Waals surface area contributed by atoms with E-state index in [1.807, 2.05) is 0 Å². The number of nitrogens with one attached hydrogen (secondary N) is 1. The van der Waals surface area contributed by atoms with E-state index in [0.717, 1.165) is 6.42 Å². The summed E-state index contributed by atoms with van der Waals surface area (Å²) < 4.78 is 5.41. The van der Waals surface area contributed by atoms with Crippen molar-refractivity contribution >= 4 is 56.7 Å². The molecular formula is C15H12BrCl2NO3. The van der Waals surface area contributed by atoms with Gasteiger partial charge in [0.1, 0.15) is 6.10 Å². The minimum absolute atomic E-state index is 0.0524. The number of fused-ring (bicyclic) bond motifs is 1. The second-order valence-electron chi connectivity index (χ2n) is 6.07. The highest BCUT2D eigenvalue weighted by atomic mass is 79.9. The smallest absolute Gasteiger partial charge is 0.310 e. The minimum atomic E-state index is -0.368. The Kier molecular flexibility index (Phi) is 3.44. The number of hydrogen-bond acceptors (Lipinski definition) is 3. The summed E-state index contributed by atoms with van der Waals surface area (Å²) in [4.78, 5) is 24.8. The molecule has 1 aromatic rings. The number of carbonyl (C=O) groups is 2. The highest BCUT2D eigenvalue weighted by Crippen LogP contribution is 2.60. The Morgan fingerprint density at radius 3 is 2.82 bits per heavy atom. The zero-order valence-corrected chi connectivity index (χ0v) is 14.4. The van der Waals surface area contributed by atoms with Gasteiger partial charge in [-0.1, -0.05) is 39.1 Å². The Hall–Kier alpha value is -0.780. The minimum Gasteiger partial charge on any atom is -0.461 e. The van der Waals surface area contributed by atoms with Crippen LogP contribution < -0.4 is 5.32 Å². The van der Waals surface area contributed by atoms with Crippen LogP contribution >= 0.6 is 39.1 Å². The zero-order valence-electron chi connectivity index (χ0n) is 11.3. The second kappa shape index (κ2) is 5.11. The predicted molar refractivity (Wildman–Crippen MR) is 86.3 cm³/mol. The molecule has 1 aliphatic heterocycles. The molecule has 2 aliphatic carbocycles. The van der Waals surface area contributed by atoms with Crippen LogP contribution in [0, 0.1) is 23.7 Å². The Morgan fingerprint density at radius 1 is 1.32 bits per heavy atom. The summed E-state index contributed by atoms with van der Waals surface area (Å²) in [6, 6.07) is 4.90. The lowest BCUT2D eigenvalue weighted by Gasteiger charge is -2.27. The van der Waals surface area contributed by atoms with Crippen LogP contribution in [0.3, 0.4) is 0 Å². The van der Waals surface area contributed by atoms with Crippen molar-refractivity contribution < 1.29 is 14.3 Å². The van der Waals surface area contributed by atoms with E-state index in [4.69, 9.17) is 27.9 Å². The molecule has 0 aromatic heterocycles. The summed E-state index contributed by atoms with van der Waals surface area (Å²) in [6.07, 6.45) is 0.773. The fourth-order valence-electron chi connectivity index (χ4n) is 4.14. The van der Waals surface area contributed by atoms with Crippen LogP contribution in [0.25, 0.3) is 0 Å². The summed E-state index contributed by atoms with van der Waals surface area (Å²) in [6.45, 7) is 0. The van der Waals surface area contributed by atoms with Crippen LogP contribution in [-0.2, 0) is 14.3 Å². The molecule has 1 heterocycles. The van der Waals surface area contributed by atoms with Gasteiger partial charge < -0.3 is 10.1 Å². The quantitative estimate of drug-likeness (QED) is 0.606. The number of hydrogen-bond donors (Lipinski definition) is 1. The molecule has 7 heteroatoms. The summed E-state index contributed by atoms with van der Waals surface area (Å²) in [5.74, 6) is -0.844. The molecule has 1 amide bonds. The summed E-state index contributed by atoms with van der Waals surface area (Å²) in [7, 11) is 0. The van der Waals surface area contributed by atoms with Gasteiger partial charge in [-0.05, 0) is 30.5 Å². The number of ether oxygens (including phenoxy) is 1. The molecule has 1 N–H and O–H groups in total. The highest BCUT2D eigenvalue weighted by Gasteiger charge is 2.67. The van der Waals surface area contributed by atoms with Gasteiger partial charge in [-0.2, -0.15) is 0 Å². The fraction of sp³-hybridized carbons (Fsp3) is 0.467. The average molecular weight is 405 g/mol. The van der Waals surface area contributed by atoms with Gasteiger partial charge in [0.15, 0.2) is 0 Å². The second-order valence-corrected chi connectivity index (χ2v) is 7.98. The Bertz CT molecular complexity index is 683. The van der Waals surface area contributed by atoms with Crippen molar-refractivity contribution in [2.45, 2.75) is 17.4 Å². The van der Waals surface area contributed by atoms with E-state index in [9.17, 15) is 9.59 Å². The maximum atomic E-state index is 12.7. The molecule has 2 bridgehead atoms. The zero-order chi connectivity index (χ0) is 15.6.